The number of hydrogen-bond donors (Lipinski definition) is 0. The molecule has 2 aliphatic carbocycles. The van der Waals surface area contributed by atoms with Crippen LogP contribution in [0.4, 0.5) is 0 Å². The number of hydrogen-bond acceptors (Lipinski definition) is 3. The number of fused-ring (bicyclic) bond motifs is 2. The number of methoxy groups -OCH3 is 1. The molecule has 2 aliphatic rings. The van der Waals surface area contributed by atoms with Crippen molar-refractivity contribution < 1.29 is 4.74 Å². The van der Waals surface area contributed by atoms with Crippen LogP contribution >= 0.6 is 11.9 Å². The smallest absolute Gasteiger partial charge is 0.0769 e. The van der Waals surface area contributed by atoms with Gasteiger partial charge in [0.2, 0.25) is 0 Å². The zero-order chi connectivity index (χ0) is 13.6. The molecule has 2 rings (SSSR count). The van der Waals surface area contributed by atoms with Gasteiger partial charge in [-0.2, -0.15) is 0 Å². The highest BCUT2D eigenvalue weighted by atomic mass is 32.2. The minimum Gasteiger partial charge on any atom is -0.380 e. The summed E-state index contributed by atoms with van der Waals surface area (Å²) in [6.45, 7) is 11.6. The molecule has 0 spiro atoms. The second-order valence-corrected chi connectivity index (χ2v) is 7.98. The summed E-state index contributed by atoms with van der Waals surface area (Å²) >= 11 is 1.75. The summed E-state index contributed by atoms with van der Waals surface area (Å²) in [6.07, 6.45) is 5.03. The Hall–Kier alpha value is -0.0200. The third-order valence-electron chi connectivity index (χ3n) is 5.49. The van der Waals surface area contributed by atoms with E-state index in [0.29, 0.717) is 28.1 Å². The van der Waals surface area contributed by atoms with E-state index < -0.39 is 0 Å². The van der Waals surface area contributed by atoms with Crippen LogP contribution in [0.5, 0.6) is 0 Å². The van der Waals surface area contributed by atoms with Crippen LogP contribution < -0.4 is 0 Å². The summed E-state index contributed by atoms with van der Waals surface area (Å²) in [5.74, 6) is 1.27. The Bertz CT molecular complexity index is 339. The lowest BCUT2D eigenvalue weighted by molar-refractivity contribution is -0.0176. The molecule has 0 unspecified atom stereocenters. The van der Waals surface area contributed by atoms with E-state index >= 15 is 0 Å². The zero-order valence-corrected chi connectivity index (χ0v) is 13.4. The van der Waals surface area contributed by atoms with E-state index in [1.807, 2.05) is 7.11 Å². The van der Waals surface area contributed by atoms with E-state index in [-0.39, 0.29) is 0 Å². The van der Waals surface area contributed by atoms with E-state index in [9.17, 15) is 0 Å². The number of ether oxygens (including phenoxy) is 1. The lowest BCUT2D eigenvalue weighted by Gasteiger charge is -2.38. The fourth-order valence-electron chi connectivity index (χ4n) is 3.97. The summed E-state index contributed by atoms with van der Waals surface area (Å²) in [7, 11) is 1.87. The maximum absolute atomic E-state index is 5.86. The fraction of sp³-hybridized carbons (Fsp3) is 0.933. The van der Waals surface area contributed by atoms with Crippen LogP contribution in [0, 0.1) is 22.7 Å². The average Bonchev–Trinajstić information content (AvgIpc) is 2.58. The maximum atomic E-state index is 5.86. The summed E-state index contributed by atoms with van der Waals surface area (Å²) in [4.78, 5) is 0. The van der Waals surface area contributed by atoms with Gasteiger partial charge in [0, 0.05) is 18.7 Å². The van der Waals surface area contributed by atoms with Gasteiger partial charge in [-0.25, -0.2) is 4.40 Å². The van der Waals surface area contributed by atoms with Gasteiger partial charge in [0.1, 0.15) is 0 Å². The van der Waals surface area contributed by atoms with E-state index in [1.54, 1.807) is 11.9 Å². The molecule has 0 aromatic rings. The van der Waals surface area contributed by atoms with Crippen LogP contribution in [-0.2, 0) is 4.74 Å². The van der Waals surface area contributed by atoms with Gasteiger partial charge in [0.25, 0.3) is 0 Å². The molecular formula is C15H27NOS. The molecule has 0 N–H and O–H groups in total. The Morgan fingerprint density at radius 1 is 1.33 bits per heavy atom. The third kappa shape index (κ3) is 1.94. The minimum atomic E-state index is 0.317. The summed E-state index contributed by atoms with van der Waals surface area (Å²) in [5.41, 5.74) is 0.691. The molecule has 2 bridgehead atoms. The SMILES string of the molecule is CO[C@@H]1[C@H](S/N=C/C(C)C)[C@H]2CC[C@]1(C)C2(C)C. The second-order valence-electron chi connectivity index (χ2n) is 7.01. The molecule has 0 aromatic carbocycles. The maximum Gasteiger partial charge on any atom is 0.0769 e. The zero-order valence-electron chi connectivity index (χ0n) is 12.6. The molecule has 4 atom stereocenters. The van der Waals surface area contributed by atoms with Gasteiger partial charge in [0.05, 0.1) is 11.4 Å². The first-order valence-corrected chi connectivity index (χ1v) is 7.90. The predicted molar refractivity (Wildman–Crippen MR) is 80.1 cm³/mol. The van der Waals surface area contributed by atoms with Crippen molar-refractivity contribution in [3.8, 4) is 0 Å². The normalized spacial score (nSPS) is 42.3. The summed E-state index contributed by atoms with van der Waals surface area (Å²) < 4.78 is 10.4. The van der Waals surface area contributed by atoms with Gasteiger partial charge < -0.3 is 4.74 Å². The molecule has 0 radical (unpaired) electrons. The Kier molecular flexibility index (Phi) is 3.86. The van der Waals surface area contributed by atoms with Crippen LogP contribution in [-0.4, -0.2) is 24.7 Å². The van der Waals surface area contributed by atoms with Crippen molar-refractivity contribution >= 4 is 18.2 Å². The van der Waals surface area contributed by atoms with Crippen molar-refractivity contribution in [3.63, 3.8) is 0 Å². The van der Waals surface area contributed by atoms with Crippen molar-refractivity contribution in [2.45, 2.75) is 58.8 Å². The van der Waals surface area contributed by atoms with Crippen molar-refractivity contribution in [2.24, 2.45) is 27.1 Å². The molecule has 3 heteroatoms. The molecule has 2 saturated carbocycles. The molecule has 0 saturated heterocycles. The Labute approximate surface area is 116 Å². The van der Waals surface area contributed by atoms with E-state index in [2.05, 4.69) is 45.2 Å². The highest BCUT2D eigenvalue weighted by molar-refractivity contribution is 7.98. The van der Waals surface area contributed by atoms with Crippen LogP contribution in [0.1, 0.15) is 47.5 Å². The molecule has 2 fully saturated rings. The predicted octanol–water partition coefficient (Wildman–Crippen LogP) is 4.20. The molecule has 0 heterocycles. The minimum absolute atomic E-state index is 0.317. The highest BCUT2D eigenvalue weighted by Crippen LogP contribution is 2.68. The van der Waals surface area contributed by atoms with Crippen molar-refractivity contribution in [1.29, 1.82) is 0 Å². The fourth-order valence-corrected chi connectivity index (χ4v) is 5.57. The summed E-state index contributed by atoms with van der Waals surface area (Å²) in [6, 6.07) is 0. The second kappa shape index (κ2) is 4.82. The van der Waals surface area contributed by atoms with Gasteiger partial charge in [-0.05, 0) is 42.0 Å². The van der Waals surface area contributed by atoms with Crippen molar-refractivity contribution in [3.05, 3.63) is 0 Å². The monoisotopic (exact) mass is 269 g/mol. The topological polar surface area (TPSA) is 21.6 Å². The third-order valence-corrected chi connectivity index (χ3v) is 6.55. The Balaban J connectivity index is 2.17. The Morgan fingerprint density at radius 2 is 2.00 bits per heavy atom. The molecule has 0 aromatic heterocycles. The number of nitrogens with zero attached hydrogens (tertiary/aromatic N) is 1. The lowest BCUT2D eigenvalue weighted by atomic mass is 9.70. The first kappa shape index (κ1) is 14.4. The van der Waals surface area contributed by atoms with Gasteiger partial charge in [-0.1, -0.05) is 34.6 Å². The van der Waals surface area contributed by atoms with Crippen molar-refractivity contribution in [2.75, 3.05) is 7.11 Å². The first-order valence-electron chi connectivity index (χ1n) is 7.06. The van der Waals surface area contributed by atoms with Gasteiger partial charge in [-0.15, -0.1) is 0 Å². The Morgan fingerprint density at radius 3 is 2.56 bits per heavy atom. The van der Waals surface area contributed by atoms with Crippen LogP contribution in [0.3, 0.4) is 0 Å². The van der Waals surface area contributed by atoms with E-state index in [0.717, 1.165) is 5.92 Å². The molecular weight excluding hydrogens is 242 g/mol. The van der Waals surface area contributed by atoms with Crippen LogP contribution in [0.15, 0.2) is 4.40 Å². The molecule has 104 valence electrons. The molecule has 18 heavy (non-hydrogen) atoms. The summed E-state index contributed by atoms with van der Waals surface area (Å²) in [5, 5.41) is 0.527. The quantitative estimate of drug-likeness (QED) is 0.563. The van der Waals surface area contributed by atoms with Crippen LogP contribution in [0.25, 0.3) is 0 Å². The standard InChI is InChI=1S/C15H27NOS/c1-10(2)9-16-18-12-11-7-8-15(5,13(12)17-6)14(11,3)4/h9-13H,7-8H2,1-6H3/b16-9+/t11-,12-,13-,15+/m1/s1. The van der Waals surface area contributed by atoms with E-state index in [1.165, 1.54) is 12.8 Å². The van der Waals surface area contributed by atoms with Crippen molar-refractivity contribution in [1.82, 2.24) is 0 Å². The molecule has 2 nitrogen and oxygen atoms in total. The van der Waals surface area contributed by atoms with Gasteiger partial charge >= 0.3 is 0 Å². The first-order chi connectivity index (χ1) is 8.34. The van der Waals surface area contributed by atoms with Gasteiger partial charge in [0.15, 0.2) is 0 Å². The number of rotatable bonds is 4. The molecule has 0 aliphatic heterocycles. The largest absolute Gasteiger partial charge is 0.380 e. The van der Waals surface area contributed by atoms with Crippen LogP contribution in [0.2, 0.25) is 0 Å². The van der Waals surface area contributed by atoms with Gasteiger partial charge in [-0.3, -0.25) is 0 Å². The average molecular weight is 269 g/mol. The molecule has 0 amide bonds. The highest BCUT2D eigenvalue weighted by Gasteiger charge is 2.66. The lowest BCUT2D eigenvalue weighted by Crippen LogP contribution is -2.39. The van der Waals surface area contributed by atoms with E-state index in [4.69, 9.17) is 4.74 Å².